The highest BCUT2D eigenvalue weighted by Gasteiger charge is 2.31. The van der Waals surface area contributed by atoms with Crippen LogP contribution >= 0.6 is 48.0 Å². The van der Waals surface area contributed by atoms with Crippen LogP contribution in [0.2, 0.25) is 10.0 Å². The molecule has 2 aromatic rings. The SMILES string of the molecule is Cl.Cl.FC(F)(F)Oc1ccc([C@@H](c2cc(Cl)cc(Cl)c2)N2CCNCC2)cc1. The molecule has 0 radical (unpaired) electrons. The average Bonchev–Trinajstić information content (AvgIpc) is 2.55. The molecule has 10 heteroatoms. The van der Waals surface area contributed by atoms with Gasteiger partial charge in [0.25, 0.3) is 0 Å². The summed E-state index contributed by atoms with van der Waals surface area (Å²) in [4.78, 5) is 2.25. The summed E-state index contributed by atoms with van der Waals surface area (Å²) in [5.74, 6) is -0.246. The molecule has 1 aliphatic rings. The van der Waals surface area contributed by atoms with Crippen molar-refractivity contribution in [3.8, 4) is 5.75 Å². The van der Waals surface area contributed by atoms with E-state index in [9.17, 15) is 13.2 Å². The maximum atomic E-state index is 12.4. The number of halogens is 7. The molecule has 0 bridgehead atoms. The molecule has 0 aromatic heterocycles. The fraction of sp³-hybridized carbons (Fsp3) is 0.333. The Morgan fingerprint density at radius 2 is 1.43 bits per heavy atom. The molecule has 1 fully saturated rings. The first-order valence-electron chi connectivity index (χ1n) is 8.08. The van der Waals surface area contributed by atoms with Crippen LogP contribution in [0.4, 0.5) is 13.2 Å². The standard InChI is InChI=1S/C18H17Cl2F3N2O.2ClH/c19-14-9-13(10-15(20)11-14)17(25-7-5-24-6-8-25)12-1-3-16(4-2-12)26-18(21,22)23;;/h1-4,9-11,17,24H,5-8H2;2*1H/t17-;;/m0../s1. The molecule has 0 spiro atoms. The van der Waals surface area contributed by atoms with Crippen LogP contribution in [-0.4, -0.2) is 37.4 Å². The number of rotatable bonds is 4. The van der Waals surface area contributed by atoms with E-state index in [0.717, 1.165) is 37.3 Å². The van der Waals surface area contributed by atoms with E-state index in [2.05, 4.69) is 15.0 Å². The number of piperazine rings is 1. The van der Waals surface area contributed by atoms with E-state index in [1.54, 1.807) is 18.2 Å². The molecule has 156 valence electrons. The molecule has 1 atom stereocenters. The van der Waals surface area contributed by atoms with Gasteiger partial charge in [-0.3, -0.25) is 4.90 Å². The molecule has 0 amide bonds. The van der Waals surface area contributed by atoms with Crippen molar-refractivity contribution in [2.24, 2.45) is 0 Å². The molecule has 3 rings (SSSR count). The van der Waals surface area contributed by atoms with Gasteiger partial charge in [-0.2, -0.15) is 0 Å². The lowest BCUT2D eigenvalue weighted by Crippen LogP contribution is -2.45. The van der Waals surface area contributed by atoms with Gasteiger partial charge in [0, 0.05) is 36.2 Å². The van der Waals surface area contributed by atoms with E-state index in [4.69, 9.17) is 23.2 Å². The smallest absolute Gasteiger partial charge is 0.406 e. The van der Waals surface area contributed by atoms with Crippen LogP contribution in [0, 0.1) is 0 Å². The number of ether oxygens (including phenoxy) is 1. The Kier molecular flexibility index (Phi) is 9.67. The third-order valence-electron chi connectivity index (χ3n) is 4.15. The number of hydrogen-bond donors (Lipinski definition) is 1. The molecule has 28 heavy (non-hydrogen) atoms. The third kappa shape index (κ3) is 6.87. The van der Waals surface area contributed by atoms with Crippen molar-refractivity contribution in [1.82, 2.24) is 10.2 Å². The normalized spacial score (nSPS) is 15.9. The first-order valence-corrected chi connectivity index (χ1v) is 8.84. The first-order chi connectivity index (χ1) is 12.3. The van der Waals surface area contributed by atoms with E-state index in [0.29, 0.717) is 10.0 Å². The zero-order valence-corrected chi connectivity index (χ0v) is 17.7. The van der Waals surface area contributed by atoms with Gasteiger partial charge in [0.05, 0.1) is 6.04 Å². The van der Waals surface area contributed by atoms with Gasteiger partial charge in [-0.15, -0.1) is 38.0 Å². The van der Waals surface area contributed by atoms with Crippen LogP contribution in [-0.2, 0) is 0 Å². The van der Waals surface area contributed by atoms with Crippen molar-refractivity contribution in [2.75, 3.05) is 26.2 Å². The monoisotopic (exact) mass is 476 g/mol. The minimum Gasteiger partial charge on any atom is -0.406 e. The van der Waals surface area contributed by atoms with Gasteiger partial charge >= 0.3 is 6.36 Å². The molecule has 3 nitrogen and oxygen atoms in total. The van der Waals surface area contributed by atoms with Crippen LogP contribution in [0.15, 0.2) is 42.5 Å². The maximum Gasteiger partial charge on any atom is 0.573 e. The Balaban J connectivity index is 0.00000196. The number of nitrogens with one attached hydrogen (secondary N) is 1. The van der Waals surface area contributed by atoms with Crippen molar-refractivity contribution in [3.05, 3.63) is 63.6 Å². The van der Waals surface area contributed by atoms with Crippen molar-refractivity contribution < 1.29 is 17.9 Å². The van der Waals surface area contributed by atoms with Crippen LogP contribution in [0.5, 0.6) is 5.75 Å². The van der Waals surface area contributed by atoms with Gasteiger partial charge in [0.15, 0.2) is 0 Å². The minimum atomic E-state index is -4.71. The summed E-state index contributed by atoms with van der Waals surface area (Å²) in [5, 5.41) is 4.33. The topological polar surface area (TPSA) is 24.5 Å². The zero-order chi connectivity index (χ0) is 18.7. The first kappa shape index (κ1) is 25.1. The lowest BCUT2D eigenvalue weighted by atomic mass is 9.96. The highest BCUT2D eigenvalue weighted by molar-refractivity contribution is 6.34. The molecule has 1 N–H and O–H groups in total. The average molecular weight is 478 g/mol. The predicted molar refractivity (Wildman–Crippen MR) is 110 cm³/mol. The number of alkyl halides is 3. The summed E-state index contributed by atoms with van der Waals surface area (Å²) in [5.41, 5.74) is 1.74. The Morgan fingerprint density at radius 1 is 0.893 bits per heavy atom. The largest absolute Gasteiger partial charge is 0.573 e. The van der Waals surface area contributed by atoms with Gasteiger partial charge in [-0.05, 0) is 41.5 Å². The predicted octanol–water partition coefficient (Wildman–Crippen LogP) is 5.73. The Bertz CT molecular complexity index is 733. The van der Waals surface area contributed by atoms with Gasteiger partial charge in [0.2, 0.25) is 0 Å². The summed E-state index contributed by atoms with van der Waals surface area (Å²) in [7, 11) is 0. The van der Waals surface area contributed by atoms with Crippen LogP contribution in [0.1, 0.15) is 17.2 Å². The fourth-order valence-corrected chi connectivity index (χ4v) is 3.68. The highest BCUT2D eigenvalue weighted by atomic mass is 35.5. The van der Waals surface area contributed by atoms with Crippen molar-refractivity contribution in [1.29, 1.82) is 0 Å². The lowest BCUT2D eigenvalue weighted by Gasteiger charge is -2.35. The van der Waals surface area contributed by atoms with E-state index in [1.807, 2.05) is 12.1 Å². The number of nitrogens with zero attached hydrogens (tertiary/aromatic N) is 1. The van der Waals surface area contributed by atoms with Gasteiger partial charge in [0.1, 0.15) is 5.75 Å². The second-order valence-corrected chi connectivity index (χ2v) is 6.88. The minimum absolute atomic E-state index is 0. The van der Waals surface area contributed by atoms with E-state index in [1.165, 1.54) is 12.1 Å². The van der Waals surface area contributed by atoms with Crippen molar-refractivity contribution >= 4 is 48.0 Å². The highest BCUT2D eigenvalue weighted by Crippen LogP contribution is 2.34. The van der Waals surface area contributed by atoms with Gasteiger partial charge in [-0.1, -0.05) is 35.3 Å². The second-order valence-electron chi connectivity index (χ2n) is 6.01. The zero-order valence-electron chi connectivity index (χ0n) is 14.5. The Morgan fingerprint density at radius 3 is 1.93 bits per heavy atom. The Labute approximate surface area is 184 Å². The summed E-state index contributed by atoms with van der Waals surface area (Å²) in [6, 6.07) is 11.1. The van der Waals surface area contributed by atoms with Crippen LogP contribution in [0.3, 0.4) is 0 Å². The molecule has 0 unspecified atom stereocenters. The molecular formula is C18H19Cl4F3N2O. The van der Waals surface area contributed by atoms with E-state index >= 15 is 0 Å². The van der Waals surface area contributed by atoms with Crippen molar-refractivity contribution in [2.45, 2.75) is 12.4 Å². The van der Waals surface area contributed by atoms with Crippen LogP contribution in [0.25, 0.3) is 0 Å². The number of benzene rings is 2. The second kappa shape index (κ2) is 10.8. The fourth-order valence-electron chi connectivity index (χ4n) is 3.14. The van der Waals surface area contributed by atoms with Gasteiger partial charge < -0.3 is 10.1 Å². The van der Waals surface area contributed by atoms with Crippen molar-refractivity contribution in [3.63, 3.8) is 0 Å². The van der Waals surface area contributed by atoms with Gasteiger partial charge in [-0.25, -0.2) is 0 Å². The molecule has 1 heterocycles. The summed E-state index contributed by atoms with van der Waals surface area (Å²) >= 11 is 12.3. The van der Waals surface area contributed by atoms with E-state index < -0.39 is 6.36 Å². The maximum absolute atomic E-state index is 12.4. The quantitative estimate of drug-likeness (QED) is 0.608. The summed E-state index contributed by atoms with van der Waals surface area (Å²) in [6.45, 7) is 3.27. The molecule has 0 saturated carbocycles. The summed E-state index contributed by atoms with van der Waals surface area (Å²) in [6.07, 6.45) is -4.71. The van der Waals surface area contributed by atoms with Crippen LogP contribution < -0.4 is 10.1 Å². The lowest BCUT2D eigenvalue weighted by molar-refractivity contribution is -0.274. The molecule has 0 aliphatic carbocycles. The molecular weight excluding hydrogens is 459 g/mol. The number of hydrogen-bond acceptors (Lipinski definition) is 3. The third-order valence-corrected chi connectivity index (χ3v) is 4.58. The Hall–Kier alpha value is -0.890. The molecule has 1 aliphatic heterocycles. The molecule has 2 aromatic carbocycles. The van der Waals surface area contributed by atoms with E-state index in [-0.39, 0.29) is 36.6 Å². The summed E-state index contributed by atoms with van der Waals surface area (Å²) < 4.78 is 41.1. The molecule has 1 saturated heterocycles.